The van der Waals surface area contributed by atoms with Crippen molar-refractivity contribution in [3.63, 3.8) is 0 Å². The van der Waals surface area contributed by atoms with Crippen molar-refractivity contribution in [3.8, 4) is 0 Å². The molecule has 0 radical (unpaired) electrons. The summed E-state index contributed by atoms with van der Waals surface area (Å²) in [6, 6.07) is 4.07. The van der Waals surface area contributed by atoms with Gasteiger partial charge in [0.25, 0.3) is 0 Å². The van der Waals surface area contributed by atoms with Crippen LogP contribution in [0.4, 0.5) is 17.5 Å². The first-order valence-corrected chi connectivity index (χ1v) is 12.4. The van der Waals surface area contributed by atoms with Gasteiger partial charge in [0.15, 0.2) is 0 Å². The molecule has 1 atom stereocenters. The Morgan fingerprint density at radius 1 is 1.18 bits per heavy atom. The molecule has 8 nitrogen and oxygen atoms in total. The van der Waals surface area contributed by atoms with Crippen LogP contribution in [0.2, 0.25) is 0 Å². The number of anilines is 3. The van der Waals surface area contributed by atoms with Crippen LogP contribution in [0.25, 0.3) is 6.08 Å². The van der Waals surface area contributed by atoms with E-state index in [4.69, 9.17) is 4.98 Å². The zero-order valence-corrected chi connectivity index (χ0v) is 20.8. The lowest BCUT2D eigenvalue weighted by molar-refractivity contribution is -0.126. The molecule has 4 rings (SSSR count). The molecule has 0 aliphatic carbocycles. The predicted molar refractivity (Wildman–Crippen MR) is 137 cm³/mol. The summed E-state index contributed by atoms with van der Waals surface area (Å²) in [7, 11) is 1.90. The fourth-order valence-corrected chi connectivity index (χ4v) is 4.85. The second kappa shape index (κ2) is 11.0. The van der Waals surface area contributed by atoms with Gasteiger partial charge in [-0.1, -0.05) is 13.8 Å². The highest BCUT2D eigenvalue weighted by Gasteiger charge is 2.21. The van der Waals surface area contributed by atoms with E-state index in [1.54, 1.807) is 0 Å². The molecule has 1 fully saturated rings. The monoisotopic (exact) mass is 463 g/mol. The number of carbonyl (C=O) groups excluding carboxylic acids is 1. The molecular weight excluding hydrogens is 426 g/mol. The van der Waals surface area contributed by atoms with Gasteiger partial charge in [0, 0.05) is 57.1 Å². The third kappa shape index (κ3) is 6.11. The molecule has 34 heavy (non-hydrogen) atoms. The van der Waals surface area contributed by atoms with Gasteiger partial charge in [-0.05, 0) is 56.2 Å². The molecule has 0 spiro atoms. The van der Waals surface area contributed by atoms with Crippen LogP contribution in [-0.2, 0) is 11.2 Å². The number of fused-ring (bicyclic) bond motifs is 1. The second-order valence-electron chi connectivity index (χ2n) is 9.91. The smallest absolute Gasteiger partial charge is 0.249 e. The number of aromatic nitrogens is 3. The second-order valence-corrected chi connectivity index (χ2v) is 9.91. The minimum absolute atomic E-state index is 0.0672. The first-order valence-electron chi connectivity index (χ1n) is 12.4. The van der Waals surface area contributed by atoms with Gasteiger partial charge in [-0.15, -0.1) is 0 Å². The molecule has 1 unspecified atom stereocenters. The lowest BCUT2D eigenvalue weighted by Gasteiger charge is -2.29. The molecule has 2 aliphatic heterocycles. The predicted octanol–water partition coefficient (Wildman–Crippen LogP) is 3.50. The molecule has 2 aromatic heterocycles. The molecule has 8 heteroatoms. The maximum absolute atomic E-state index is 12.8. The SMILES string of the molecule is CC1=Cc2cnc(Nc3ccc(N4CCNCC4)cn3)nc2CCC(CC(C)C)CN(C)C1=O. The number of hydrogen-bond acceptors (Lipinski definition) is 7. The van der Waals surface area contributed by atoms with Crippen LogP contribution in [0.5, 0.6) is 0 Å². The topological polar surface area (TPSA) is 86.3 Å². The summed E-state index contributed by atoms with van der Waals surface area (Å²) in [6.07, 6.45) is 8.57. The number of nitrogens with one attached hydrogen (secondary N) is 2. The molecule has 2 aliphatic rings. The average molecular weight is 464 g/mol. The van der Waals surface area contributed by atoms with Gasteiger partial charge in [0.05, 0.1) is 17.6 Å². The van der Waals surface area contributed by atoms with E-state index in [0.29, 0.717) is 23.4 Å². The lowest BCUT2D eigenvalue weighted by atomic mass is 9.90. The van der Waals surface area contributed by atoms with Crippen molar-refractivity contribution >= 4 is 29.4 Å². The molecule has 1 amide bonds. The Bertz CT molecular complexity index is 1010. The van der Waals surface area contributed by atoms with E-state index in [9.17, 15) is 4.79 Å². The Morgan fingerprint density at radius 3 is 2.68 bits per heavy atom. The van der Waals surface area contributed by atoms with Crippen LogP contribution in [0.3, 0.4) is 0 Å². The third-order valence-corrected chi connectivity index (χ3v) is 6.55. The number of piperazine rings is 1. The molecule has 2 N–H and O–H groups in total. The lowest BCUT2D eigenvalue weighted by Crippen LogP contribution is -2.43. The van der Waals surface area contributed by atoms with Crippen molar-refractivity contribution in [3.05, 3.63) is 41.4 Å². The summed E-state index contributed by atoms with van der Waals surface area (Å²) in [5, 5.41) is 6.63. The van der Waals surface area contributed by atoms with Crippen LogP contribution in [0.15, 0.2) is 30.1 Å². The van der Waals surface area contributed by atoms with E-state index in [1.807, 2.05) is 43.4 Å². The number of hydrogen-bond donors (Lipinski definition) is 2. The van der Waals surface area contributed by atoms with E-state index in [2.05, 4.69) is 45.4 Å². The number of aryl methyl sites for hydroxylation is 1. The average Bonchev–Trinajstić information content (AvgIpc) is 2.83. The van der Waals surface area contributed by atoms with E-state index in [0.717, 1.165) is 74.7 Å². The largest absolute Gasteiger partial charge is 0.368 e. The Kier molecular flexibility index (Phi) is 7.77. The van der Waals surface area contributed by atoms with Crippen LogP contribution in [0.1, 0.15) is 44.9 Å². The number of pyridine rings is 1. The van der Waals surface area contributed by atoms with Crippen molar-refractivity contribution in [2.75, 3.05) is 50.0 Å². The minimum Gasteiger partial charge on any atom is -0.368 e. The van der Waals surface area contributed by atoms with Crippen LogP contribution >= 0.6 is 0 Å². The van der Waals surface area contributed by atoms with Crippen LogP contribution in [0, 0.1) is 11.8 Å². The number of carbonyl (C=O) groups is 1. The fraction of sp³-hybridized carbons (Fsp3) is 0.538. The zero-order chi connectivity index (χ0) is 24.1. The van der Waals surface area contributed by atoms with E-state index in [-0.39, 0.29) is 5.91 Å². The summed E-state index contributed by atoms with van der Waals surface area (Å²) in [6.45, 7) is 11.1. The first kappa shape index (κ1) is 24.1. The highest BCUT2D eigenvalue weighted by molar-refractivity contribution is 5.97. The number of likely N-dealkylation sites (N-methyl/N-ethyl adjacent to an activating group) is 1. The number of rotatable bonds is 5. The maximum atomic E-state index is 12.8. The summed E-state index contributed by atoms with van der Waals surface area (Å²) in [5.41, 5.74) is 3.73. The standard InChI is InChI=1S/C26H37N7O/c1-18(2)13-20-5-7-23-21(14-19(3)25(34)32(4)17-20)15-29-26(30-23)31-24-8-6-22(16-28-24)33-11-9-27-10-12-33/h6,8,14-16,18,20,27H,5,7,9-13,17H2,1-4H3,(H,28,29,30,31). The molecule has 4 heterocycles. The fourth-order valence-electron chi connectivity index (χ4n) is 4.85. The Hall–Kier alpha value is -3.00. The highest BCUT2D eigenvalue weighted by Crippen LogP contribution is 2.25. The molecule has 0 bridgehead atoms. The summed E-state index contributed by atoms with van der Waals surface area (Å²) >= 11 is 0. The molecule has 0 aromatic carbocycles. The Morgan fingerprint density at radius 2 is 1.97 bits per heavy atom. The van der Waals surface area contributed by atoms with Crippen LogP contribution in [-0.4, -0.2) is 65.5 Å². The van der Waals surface area contributed by atoms with E-state index in [1.165, 1.54) is 0 Å². The Labute approximate surface area is 202 Å². The van der Waals surface area contributed by atoms with Gasteiger partial charge in [-0.2, -0.15) is 0 Å². The zero-order valence-electron chi connectivity index (χ0n) is 20.8. The van der Waals surface area contributed by atoms with Gasteiger partial charge in [0.1, 0.15) is 5.82 Å². The number of nitrogens with zero attached hydrogens (tertiary/aromatic N) is 5. The highest BCUT2D eigenvalue weighted by atomic mass is 16.2. The Balaban J connectivity index is 1.53. The van der Waals surface area contributed by atoms with Crippen molar-refractivity contribution in [2.45, 2.75) is 40.0 Å². The normalized spacial score (nSPS) is 19.6. The van der Waals surface area contributed by atoms with Crippen molar-refractivity contribution in [1.29, 1.82) is 0 Å². The minimum atomic E-state index is 0.0672. The van der Waals surface area contributed by atoms with Crippen molar-refractivity contribution in [2.24, 2.45) is 11.8 Å². The molecule has 1 saturated heterocycles. The van der Waals surface area contributed by atoms with Gasteiger partial charge >= 0.3 is 0 Å². The summed E-state index contributed by atoms with van der Waals surface area (Å²) in [4.78, 5) is 31.0. The maximum Gasteiger partial charge on any atom is 0.249 e. The third-order valence-electron chi connectivity index (χ3n) is 6.55. The molecule has 182 valence electrons. The van der Waals surface area contributed by atoms with E-state index < -0.39 is 0 Å². The number of amides is 1. The molecule has 0 saturated carbocycles. The van der Waals surface area contributed by atoms with Crippen LogP contribution < -0.4 is 15.5 Å². The molecular formula is C26H37N7O. The summed E-state index contributed by atoms with van der Waals surface area (Å²) < 4.78 is 0. The van der Waals surface area contributed by atoms with Gasteiger partial charge in [-0.25, -0.2) is 15.0 Å². The van der Waals surface area contributed by atoms with Crippen molar-refractivity contribution in [1.82, 2.24) is 25.2 Å². The van der Waals surface area contributed by atoms with Gasteiger partial charge in [-0.3, -0.25) is 4.79 Å². The van der Waals surface area contributed by atoms with E-state index >= 15 is 0 Å². The van der Waals surface area contributed by atoms with Gasteiger partial charge < -0.3 is 20.4 Å². The van der Waals surface area contributed by atoms with Gasteiger partial charge in [0.2, 0.25) is 11.9 Å². The summed E-state index contributed by atoms with van der Waals surface area (Å²) in [5.74, 6) is 2.36. The quantitative estimate of drug-likeness (QED) is 0.702. The van der Waals surface area contributed by atoms with Crippen molar-refractivity contribution < 1.29 is 4.79 Å². The molecule has 2 aromatic rings. The first-order chi connectivity index (χ1) is 16.4.